The van der Waals surface area contributed by atoms with Crippen LogP contribution in [0.5, 0.6) is 0 Å². The van der Waals surface area contributed by atoms with E-state index in [2.05, 4.69) is 4.72 Å². The predicted octanol–water partition coefficient (Wildman–Crippen LogP) is 2.30. The highest BCUT2D eigenvalue weighted by atomic mass is 32.2. The lowest BCUT2D eigenvalue weighted by atomic mass is 9.97. The summed E-state index contributed by atoms with van der Waals surface area (Å²) >= 11 is 0. The molecular formula is C14H16FNO4S. The third-order valence-electron chi connectivity index (χ3n) is 3.43. The first kappa shape index (κ1) is 15.7. The van der Waals surface area contributed by atoms with Crippen LogP contribution in [0.3, 0.4) is 0 Å². The van der Waals surface area contributed by atoms with Crippen molar-refractivity contribution in [2.24, 2.45) is 0 Å². The maximum Gasteiger partial charge on any atom is 0.335 e. The number of hydrogen-bond acceptors (Lipinski definition) is 3. The van der Waals surface area contributed by atoms with E-state index in [1.54, 1.807) is 0 Å². The number of allylic oxidation sites excluding steroid dienone is 1. The van der Waals surface area contributed by atoms with Crippen LogP contribution >= 0.6 is 0 Å². The van der Waals surface area contributed by atoms with Crippen molar-refractivity contribution in [2.45, 2.75) is 37.1 Å². The SMILES string of the molecule is CC1=CC[C@H](NS(=O)(=O)c2ccc(C(=O)O)cc2F)CC1. The van der Waals surface area contributed by atoms with Gasteiger partial charge in [-0.3, -0.25) is 0 Å². The van der Waals surface area contributed by atoms with Crippen LogP contribution in [-0.2, 0) is 10.0 Å². The summed E-state index contributed by atoms with van der Waals surface area (Å²) in [7, 11) is -4.00. The number of rotatable bonds is 4. The number of aromatic carboxylic acids is 1. The maximum atomic E-state index is 13.8. The largest absolute Gasteiger partial charge is 0.478 e. The van der Waals surface area contributed by atoms with Crippen LogP contribution in [0.15, 0.2) is 34.7 Å². The third-order valence-corrected chi connectivity index (χ3v) is 4.98. The van der Waals surface area contributed by atoms with E-state index in [1.165, 1.54) is 5.57 Å². The number of nitrogens with one attached hydrogen (secondary N) is 1. The molecule has 0 bridgehead atoms. The molecule has 2 N–H and O–H groups in total. The maximum absolute atomic E-state index is 13.8. The molecule has 114 valence electrons. The van der Waals surface area contributed by atoms with Gasteiger partial charge in [0.15, 0.2) is 0 Å². The average molecular weight is 313 g/mol. The number of carbonyl (C=O) groups is 1. The highest BCUT2D eigenvalue weighted by Gasteiger charge is 2.24. The van der Waals surface area contributed by atoms with Crippen LogP contribution in [0.2, 0.25) is 0 Å². The van der Waals surface area contributed by atoms with E-state index < -0.39 is 26.7 Å². The molecule has 21 heavy (non-hydrogen) atoms. The number of halogens is 1. The van der Waals surface area contributed by atoms with Gasteiger partial charge in [-0.1, -0.05) is 11.6 Å². The van der Waals surface area contributed by atoms with Crippen molar-refractivity contribution >= 4 is 16.0 Å². The first-order valence-corrected chi connectivity index (χ1v) is 7.99. The van der Waals surface area contributed by atoms with Gasteiger partial charge in [-0.05, 0) is 44.4 Å². The standard InChI is InChI=1S/C14H16FNO4S/c1-9-2-5-11(6-3-9)16-21(19,20)13-7-4-10(14(17)18)8-12(13)15/h2,4,7-8,11,16H,3,5-6H2,1H3,(H,17,18)/t11-/m0/s1. The number of hydrogen-bond donors (Lipinski definition) is 2. The molecule has 1 atom stereocenters. The van der Waals surface area contributed by atoms with E-state index in [1.807, 2.05) is 13.0 Å². The summed E-state index contributed by atoms with van der Waals surface area (Å²) in [5, 5.41) is 8.75. The Balaban J connectivity index is 2.22. The Morgan fingerprint density at radius 2 is 2.14 bits per heavy atom. The molecule has 1 aliphatic rings. The van der Waals surface area contributed by atoms with Crippen molar-refractivity contribution in [3.05, 3.63) is 41.2 Å². The normalized spacial score (nSPS) is 19.1. The Kier molecular flexibility index (Phi) is 4.43. The fraction of sp³-hybridized carbons (Fsp3) is 0.357. The molecule has 1 aromatic rings. The summed E-state index contributed by atoms with van der Waals surface area (Å²) in [6.45, 7) is 1.98. The van der Waals surface area contributed by atoms with Gasteiger partial charge in [0.2, 0.25) is 10.0 Å². The molecule has 0 spiro atoms. The molecule has 0 radical (unpaired) electrons. The molecular weight excluding hydrogens is 297 g/mol. The van der Waals surface area contributed by atoms with Gasteiger partial charge in [0, 0.05) is 6.04 Å². The molecule has 1 aromatic carbocycles. The van der Waals surface area contributed by atoms with Crippen LogP contribution < -0.4 is 4.72 Å². The second kappa shape index (κ2) is 5.95. The molecule has 0 saturated heterocycles. The van der Waals surface area contributed by atoms with Crippen molar-refractivity contribution in [1.82, 2.24) is 4.72 Å². The number of benzene rings is 1. The van der Waals surface area contributed by atoms with E-state index in [9.17, 15) is 17.6 Å². The Bertz CT molecular complexity index is 697. The Morgan fingerprint density at radius 3 is 2.67 bits per heavy atom. The number of carboxylic acid groups (broad SMARTS) is 1. The topological polar surface area (TPSA) is 83.5 Å². The van der Waals surface area contributed by atoms with Gasteiger partial charge in [0.25, 0.3) is 0 Å². The second-order valence-corrected chi connectivity index (χ2v) is 6.78. The van der Waals surface area contributed by atoms with Crippen LogP contribution in [0.4, 0.5) is 4.39 Å². The highest BCUT2D eigenvalue weighted by molar-refractivity contribution is 7.89. The zero-order valence-electron chi connectivity index (χ0n) is 11.5. The number of sulfonamides is 1. The molecule has 0 heterocycles. The summed E-state index contributed by atoms with van der Waals surface area (Å²) in [6.07, 6.45) is 3.99. The first-order chi connectivity index (χ1) is 9.79. The second-order valence-electron chi connectivity index (χ2n) is 5.09. The summed E-state index contributed by atoms with van der Waals surface area (Å²) in [5.74, 6) is -2.37. The van der Waals surface area contributed by atoms with Gasteiger partial charge in [-0.2, -0.15) is 0 Å². The molecule has 0 fully saturated rings. The first-order valence-electron chi connectivity index (χ1n) is 6.50. The summed E-state index contributed by atoms with van der Waals surface area (Å²) < 4.78 is 40.6. The lowest BCUT2D eigenvalue weighted by Gasteiger charge is -2.21. The quantitative estimate of drug-likeness (QED) is 0.836. The Labute approximate surface area is 122 Å². The third kappa shape index (κ3) is 3.68. The zero-order valence-corrected chi connectivity index (χ0v) is 12.3. The Hall–Kier alpha value is -1.73. The lowest BCUT2D eigenvalue weighted by molar-refractivity contribution is 0.0696. The molecule has 0 amide bonds. The zero-order chi connectivity index (χ0) is 15.6. The molecule has 0 saturated carbocycles. The molecule has 7 heteroatoms. The fourth-order valence-electron chi connectivity index (χ4n) is 2.21. The van der Waals surface area contributed by atoms with Crippen LogP contribution in [0, 0.1) is 5.82 Å². The smallest absolute Gasteiger partial charge is 0.335 e. The van der Waals surface area contributed by atoms with Crippen LogP contribution in [0.25, 0.3) is 0 Å². The molecule has 0 unspecified atom stereocenters. The molecule has 0 aromatic heterocycles. The van der Waals surface area contributed by atoms with Gasteiger partial charge in [-0.15, -0.1) is 0 Å². The summed E-state index contributed by atoms with van der Waals surface area (Å²) in [5.41, 5.74) is 0.921. The van der Waals surface area contributed by atoms with E-state index >= 15 is 0 Å². The Morgan fingerprint density at radius 1 is 1.43 bits per heavy atom. The monoisotopic (exact) mass is 313 g/mol. The van der Waals surface area contributed by atoms with E-state index in [4.69, 9.17) is 5.11 Å². The molecule has 1 aliphatic carbocycles. The predicted molar refractivity (Wildman–Crippen MR) is 75.1 cm³/mol. The van der Waals surface area contributed by atoms with Gasteiger partial charge in [0.1, 0.15) is 10.7 Å². The van der Waals surface area contributed by atoms with Crippen LogP contribution in [0.1, 0.15) is 36.5 Å². The molecule has 0 aliphatic heterocycles. The lowest BCUT2D eigenvalue weighted by Crippen LogP contribution is -2.36. The summed E-state index contributed by atoms with van der Waals surface area (Å²) in [6, 6.07) is 2.50. The van der Waals surface area contributed by atoms with E-state index in [0.717, 1.165) is 18.6 Å². The van der Waals surface area contributed by atoms with Gasteiger partial charge < -0.3 is 5.11 Å². The van der Waals surface area contributed by atoms with Crippen molar-refractivity contribution in [2.75, 3.05) is 0 Å². The van der Waals surface area contributed by atoms with Crippen molar-refractivity contribution < 1.29 is 22.7 Å². The fourth-order valence-corrected chi connectivity index (χ4v) is 3.55. The van der Waals surface area contributed by atoms with Gasteiger partial charge in [0.05, 0.1) is 5.56 Å². The minimum absolute atomic E-state index is 0.266. The van der Waals surface area contributed by atoms with Crippen molar-refractivity contribution in [1.29, 1.82) is 0 Å². The van der Waals surface area contributed by atoms with Gasteiger partial charge >= 0.3 is 5.97 Å². The highest BCUT2D eigenvalue weighted by Crippen LogP contribution is 2.21. The number of carboxylic acids is 1. The average Bonchev–Trinajstić information content (AvgIpc) is 2.40. The summed E-state index contributed by atoms with van der Waals surface area (Å²) in [4.78, 5) is 10.2. The minimum atomic E-state index is -4.00. The minimum Gasteiger partial charge on any atom is -0.478 e. The molecule has 5 nitrogen and oxygen atoms in total. The van der Waals surface area contributed by atoms with Crippen molar-refractivity contribution in [3.8, 4) is 0 Å². The van der Waals surface area contributed by atoms with E-state index in [0.29, 0.717) is 18.9 Å². The van der Waals surface area contributed by atoms with Crippen molar-refractivity contribution in [3.63, 3.8) is 0 Å². The van der Waals surface area contributed by atoms with Gasteiger partial charge in [-0.25, -0.2) is 22.3 Å². The van der Waals surface area contributed by atoms with E-state index in [-0.39, 0.29) is 11.6 Å². The molecule has 2 rings (SSSR count). The van der Waals surface area contributed by atoms with Crippen LogP contribution in [-0.4, -0.2) is 25.5 Å².